The third-order valence-electron chi connectivity index (χ3n) is 3.83. The molecule has 0 spiro atoms. The summed E-state index contributed by atoms with van der Waals surface area (Å²) in [6.45, 7) is 3.59. The largest absolute Gasteiger partial charge is 0.305 e. The van der Waals surface area contributed by atoms with Gasteiger partial charge in [-0.05, 0) is 24.1 Å². The maximum atomic E-state index is 13.6. The monoisotopic (exact) mass is 421 g/mol. The summed E-state index contributed by atoms with van der Waals surface area (Å²) >= 11 is 3.40. The Kier molecular flexibility index (Phi) is 4.90. The van der Waals surface area contributed by atoms with Crippen LogP contribution in [0.2, 0.25) is 0 Å². The van der Waals surface area contributed by atoms with Gasteiger partial charge >= 0.3 is 0 Å². The normalized spacial score (nSPS) is 11.3. The topological polar surface area (TPSA) is 81.8 Å². The SMILES string of the molecule is CC(C)c1nn(CC(=O)Nc2nn(C)cc2F)c(=O)c2ccc(Br)cc12. The van der Waals surface area contributed by atoms with E-state index in [0.29, 0.717) is 11.1 Å². The zero-order chi connectivity index (χ0) is 19.0. The molecule has 0 bridgehead atoms. The van der Waals surface area contributed by atoms with Crippen LogP contribution in [-0.2, 0) is 18.4 Å². The zero-order valence-electron chi connectivity index (χ0n) is 14.5. The number of nitrogens with one attached hydrogen (secondary N) is 1. The molecule has 0 saturated heterocycles. The lowest BCUT2D eigenvalue weighted by atomic mass is 10.0. The second-order valence-electron chi connectivity index (χ2n) is 6.24. The fourth-order valence-electron chi connectivity index (χ4n) is 2.67. The van der Waals surface area contributed by atoms with E-state index in [4.69, 9.17) is 0 Å². The first kappa shape index (κ1) is 18.2. The van der Waals surface area contributed by atoms with Crippen LogP contribution in [0.5, 0.6) is 0 Å². The number of aromatic nitrogens is 4. The van der Waals surface area contributed by atoms with E-state index < -0.39 is 11.7 Å². The minimum absolute atomic E-state index is 0.0509. The summed E-state index contributed by atoms with van der Waals surface area (Å²) in [6, 6.07) is 5.30. The van der Waals surface area contributed by atoms with Crippen molar-refractivity contribution in [1.29, 1.82) is 0 Å². The fraction of sp³-hybridized carbons (Fsp3) is 0.294. The lowest BCUT2D eigenvalue weighted by Crippen LogP contribution is -2.31. The van der Waals surface area contributed by atoms with Gasteiger partial charge in [0.15, 0.2) is 11.6 Å². The van der Waals surface area contributed by atoms with Crippen LogP contribution in [0.25, 0.3) is 10.8 Å². The Balaban J connectivity index is 1.98. The van der Waals surface area contributed by atoms with Gasteiger partial charge in [-0.1, -0.05) is 29.8 Å². The Morgan fingerprint density at radius 3 is 2.65 bits per heavy atom. The third kappa shape index (κ3) is 3.52. The highest BCUT2D eigenvalue weighted by atomic mass is 79.9. The standard InChI is InChI=1S/C17H17BrFN5O2/c1-9(2)15-12-6-10(18)4-5-11(12)17(26)24(21-15)8-14(25)20-16-13(19)7-23(3)22-16/h4-7,9H,8H2,1-3H3,(H,20,22,25). The molecule has 0 atom stereocenters. The summed E-state index contributed by atoms with van der Waals surface area (Å²) in [5.41, 5.74) is 0.325. The van der Waals surface area contributed by atoms with Gasteiger partial charge < -0.3 is 5.32 Å². The van der Waals surface area contributed by atoms with Crippen LogP contribution >= 0.6 is 15.9 Å². The summed E-state index contributed by atoms with van der Waals surface area (Å²) in [7, 11) is 1.54. The van der Waals surface area contributed by atoms with Crippen LogP contribution in [0.4, 0.5) is 10.2 Å². The predicted octanol–water partition coefficient (Wildman–Crippen LogP) is 2.79. The van der Waals surface area contributed by atoms with Crippen molar-refractivity contribution in [3.63, 3.8) is 0 Å². The second kappa shape index (κ2) is 6.99. The number of nitrogens with zero attached hydrogens (tertiary/aromatic N) is 4. The number of fused-ring (bicyclic) bond motifs is 1. The number of aryl methyl sites for hydroxylation is 1. The van der Waals surface area contributed by atoms with Gasteiger partial charge in [-0.25, -0.2) is 9.07 Å². The molecular formula is C17H17BrFN5O2. The van der Waals surface area contributed by atoms with Crippen molar-refractivity contribution in [2.24, 2.45) is 7.05 Å². The molecule has 0 fully saturated rings. The Morgan fingerprint density at radius 1 is 1.31 bits per heavy atom. The summed E-state index contributed by atoms with van der Waals surface area (Å²) in [5, 5.41) is 11.7. The molecule has 0 saturated carbocycles. The first-order chi connectivity index (χ1) is 12.3. The van der Waals surface area contributed by atoms with Crippen LogP contribution in [0, 0.1) is 5.82 Å². The van der Waals surface area contributed by atoms with Crippen molar-refractivity contribution in [3.8, 4) is 0 Å². The van der Waals surface area contributed by atoms with E-state index in [1.165, 1.54) is 4.68 Å². The first-order valence-corrected chi connectivity index (χ1v) is 8.75. The molecule has 7 nitrogen and oxygen atoms in total. The number of hydrogen-bond acceptors (Lipinski definition) is 4. The fourth-order valence-corrected chi connectivity index (χ4v) is 3.03. The van der Waals surface area contributed by atoms with Crippen LogP contribution in [0.1, 0.15) is 25.5 Å². The molecular weight excluding hydrogens is 405 g/mol. The molecule has 1 N–H and O–H groups in total. The quantitative estimate of drug-likeness (QED) is 0.701. The maximum absolute atomic E-state index is 13.6. The van der Waals surface area contributed by atoms with E-state index in [1.54, 1.807) is 19.2 Å². The average Bonchev–Trinajstić information content (AvgIpc) is 2.87. The van der Waals surface area contributed by atoms with E-state index in [9.17, 15) is 14.0 Å². The molecule has 26 heavy (non-hydrogen) atoms. The molecule has 2 aromatic heterocycles. The van der Waals surface area contributed by atoms with E-state index in [0.717, 1.165) is 20.7 Å². The van der Waals surface area contributed by atoms with Gasteiger partial charge in [0.1, 0.15) is 6.54 Å². The molecule has 3 rings (SSSR count). The Bertz CT molecular complexity index is 1060. The molecule has 0 aliphatic rings. The van der Waals surface area contributed by atoms with Gasteiger partial charge in [0.25, 0.3) is 5.56 Å². The van der Waals surface area contributed by atoms with E-state index in [2.05, 4.69) is 31.4 Å². The highest BCUT2D eigenvalue weighted by molar-refractivity contribution is 9.10. The second-order valence-corrected chi connectivity index (χ2v) is 7.16. The maximum Gasteiger partial charge on any atom is 0.275 e. The molecule has 0 aliphatic heterocycles. The summed E-state index contributed by atoms with van der Waals surface area (Å²) in [4.78, 5) is 24.9. The number of benzene rings is 1. The Hall–Kier alpha value is -2.55. The molecule has 9 heteroatoms. The molecule has 0 unspecified atom stereocenters. The predicted molar refractivity (Wildman–Crippen MR) is 99.6 cm³/mol. The van der Waals surface area contributed by atoms with E-state index >= 15 is 0 Å². The summed E-state index contributed by atoms with van der Waals surface area (Å²) in [6.07, 6.45) is 1.14. The number of halogens is 2. The number of rotatable bonds is 4. The summed E-state index contributed by atoms with van der Waals surface area (Å²) < 4.78 is 16.8. The van der Waals surface area contributed by atoms with Crippen LogP contribution < -0.4 is 10.9 Å². The minimum atomic E-state index is -0.646. The number of hydrogen-bond donors (Lipinski definition) is 1. The molecule has 2 heterocycles. The van der Waals surface area contributed by atoms with Gasteiger partial charge in [-0.3, -0.25) is 14.3 Å². The Labute approximate surface area is 156 Å². The first-order valence-electron chi connectivity index (χ1n) is 7.95. The highest BCUT2D eigenvalue weighted by Crippen LogP contribution is 2.24. The van der Waals surface area contributed by atoms with Crippen molar-refractivity contribution in [2.45, 2.75) is 26.3 Å². The molecule has 1 aromatic carbocycles. The number of anilines is 1. The van der Waals surface area contributed by atoms with Gasteiger partial charge in [0.05, 0.1) is 17.3 Å². The summed E-state index contributed by atoms with van der Waals surface area (Å²) in [5.74, 6) is -1.36. The third-order valence-corrected chi connectivity index (χ3v) is 4.33. The van der Waals surface area contributed by atoms with Gasteiger partial charge in [-0.15, -0.1) is 0 Å². The molecule has 1 amide bonds. The van der Waals surface area contributed by atoms with Crippen molar-refractivity contribution in [1.82, 2.24) is 19.6 Å². The lowest BCUT2D eigenvalue weighted by molar-refractivity contribution is -0.117. The molecule has 3 aromatic rings. The van der Waals surface area contributed by atoms with Crippen LogP contribution in [0.15, 0.2) is 33.7 Å². The van der Waals surface area contributed by atoms with E-state index in [1.807, 2.05) is 19.9 Å². The Morgan fingerprint density at radius 2 is 2.04 bits per heavy atom. The molecule has 136 valence electrons. The lowest BCUT2D eigenvalue weighted by Gasteiger charge is -2.13. The van der Waals surface area contributed by atoms with E-state index in [-0.39, 0.29) is 23.8 Å². The van der Waals surface area contributed by atoms with Crippen LogP contribution in [0.3, 0.4) is 0 Å². The van der Waals surface area contributed by atoms with Gasteiger partial charge in [0, 0.05) is 16.9 Å². The number of carbonyl (C=O) groups is 1. The van der Waals surface area contributed by atoms with Crippen molar-refractivity contribution >= 4 is 38.4 Å². The van der Waals surface area contributed by atoms with Gasteiger partial charge in [0.2, 0.25) is 5.91 Å². The van der Waals surface area contributed by atoms with Crippen LogP contribution in [-0.4, -0.2) is 25.5 Å². The number of amides is 1. The smallest absolute Gasteiger partial charge is 0.275 e. The average molecular weight is 422 g/mol. The zero-order valence-corrected chi connectivity index (χ0v) is 16.0. The molecule has 0 radical (unpaired) electrons. The minimum Gasteiger partial charge on any atom is -0.305 e. The van der Waals surface area contributed by atoms with Crippen molar-refractivity contribution in [2.75, 3.05) is 5.32 Å². The number of carbonyl (C=O) groups excluding carboxylic acids is 1. The van der Waals surface area contributed by atoms with Crippen molar-refractivity contribution in [3.05, 3.63) is 50.7 Å². The highest BCUT2D eigenvalue weighted by Gasteiger charge is 2.17. The van der Waals surface area contributed by atoms with Crippen molar-refractivity contribution < 1.29 is 9.18 Å². The molecule has 0 aliphatic carbocycles. The van der Waals surface area contributed by atoms with Gasteiger partial charge in [-0.2, -0.15) is 10.2 Å².